The van der Waals surface area contributed by atoms with Crippen LogP contribution in [0.1, 0.15) is 56.8 Å². The molecule has 0 fully saturated rings. The lowest BCUT2D eigenvalue weighted by molar-refractivity contribution is -0.116. The van der Waals surface area contributed by atoms with Gasteiger partial charge in [0.25, 0.3) is 0 Å². The van der Waals surface area contributed by atoms with E-state index < -0.39 is 0 Å². The Hall–Kier alpha value is -1.72. The van der Waals surface area contributed by atoms with E-state index in [9.17, 15) is 4.79 Å². The van der Waals surface area contributed by atoms with Gasteiger partial charge < -0.3 is 10.6 Å². The fourth-order valence-corrected chi connectivity index (χ4v) is 3.18. The molecule has 0 atom stereocenters. The van der Waals surface area contributed by atoms with E-state index in [0.29, 0.717) is 6.42 Å². The van der Waals surface area contributed by atoms with Crippen molar-refractivity contribution in [3.8, 4) is 0 Å². The van der Waals surface area contributed by atoms with Gasteiger partial charge in [-0.2, -0.15) is 0 Å². The Kier molecular flexibility index (Phi) is 6.52. The Morgan fingerprint density at radius 3 is 2.71 bits per heavy atom. The van der Waals surface area contributed by atoms with Crippen LogP contribution < -0.4 is 10.6 Å². The third kappa shape index (κ3) is 5.73. The molecule has 0 bridgehead atoms. The van der Waals surface area contributed by atoms with Crippen LogP contribution in [-0.4, -0.2) is 10.9 Å². The molecule has 1 aromatic heterocycles. The molecule has 0 aliphatic heterocycles. The fraction of sp³-hybridized carbons (Fsp3) is 0.474. The molecule has 0 spiro atoms. The molecule has 2 N–H and O–H groups in total. The number of nitrogens with zero attached hydrogens (tertiary/aromatic N) is 1. The van der Waals surface area contributed by atoms with Crippen molar-refractivity contribution in [2.75, 3.05) is 5.32 Å². The molecule has 24 heavy (non-hydrogen) atoms. The van der Waals surface area contributed by atoms with Crippen LogP contribution >= 0.6 is 11.3 Å². The number of rotatable bonds is 7. The molecular formula is C19H27N3OS. The molecule has 5 heteroatoms. The number of thiazole rings is 1. The Balaban J connectivity index is 1.86. The molecule has 130 valence electrons. The van der Waals surface area contributed by atoms with Crippen LogP contribution in [-0.2, 0) is 23.3 Å². The van der Waals surface area contributed by atoms with Crippen molar-refractivity contribution >= 4 is 22.9 Å². The smallest absolute Gasteiger partial charge is 0.224 e. The highest BCUT2D eigenvalue weighted by Gasteiger charge is 2.17. The van der Waals surface area contributed by atoms with Crippen LogP contribution in [0.2, 0.25) is 0 Å². The summed E-state index contributed by atoms with van der Waals surface area (Å²) >= 11 is 1.72. The van der Waals surface area contributed by atoms with E-state index in [-0.39, 0.29) is 11.3 Å². The molecule has 0 saturated heterocycles. The summed E-state index contributed by atoms with van der Waals surface area (Å²) in [6.07, 6.45) is 1.42. The lowest BCUT2D eigenvalue weighted by atomic mass is 9.98. The van der Waals surface area contributed by atoms with Crippen molar-refractivity contribution in [3.05, 3.63) is 45.9 Å². The van der Waals surface area contributed by atoms with Gasteiger partial charge in [0.05, 0.1) is 10.7 Å². The molecule has 0 aliphatic rings. The summed E-state index contributed by atoms with van der Waals surface area (Å²) in [7, 11) is 0. The van der Waals surface area contributed by atoms with Crippen molar-refractivity contribution in [3.63, 3.8) is 0 Å². The SMILES string of the molecule is CCCC(=O)Nc1cccc(CNCc2csc(C(C)(C)C)n2)c1. The Morgan fingerprint density at radius 1 is 1.25 bits per heavy atom. The van der Waals surface area contributed by atoms with Gasteiger partial charge >= 0.3 is 0 Å². The van der Waals surface area contributed by atoms with Gasteiger partial charge in [-0.1, -0.05) is 39.8 Å². The first-order chi connectivity index (χ1) is 11.4. The number of amides is 1. The van der Waals surface area contributed by atoms with E-state index in [2.05, 4.69) is 47.8 Å². The molecule has 0 saturated carbocycles. The van der Waals surface area contributed by atoms with Gasteiger partial charge in [-0.25, -0.2) is 4.98 Å². The summed E-state index contributed by atoms with van der Waals surface area (Å²) in [6.45, 7) is 10.0. The second-order valence-electron chi connectivity index (χ2n) is 7.00. The van der Waals surface area contributed by atoms with E-state index in [1.165, 1.54) is 5.01 Å². The Labute approximate surface area is 148 Å². The van der Waals surface area contributed by atoms with Gasteiger partial charge in [0.15, 0.2) is 0 Å². The zero-order valence-corrected chi connectivity index (χ0v) is 15.8. The summed E-state index contributed by atoms with van der Waals surface area (Å²) in [6, 6.07) is 7.97. The minimum absolute atomic E-state index is 0.0693. The number of aromatic nitrogens is 1. The molecule has 1 amide bonds. The molecule has 1 heterocycles. The molecule has 0 unspecified atom stereocenters. The van der Waals surface area contributed by atoms with E-state index in [4.69, 9.17) is 0 Å². The number of nitrogens with one attached hydrogen (secondary N) is 2. The van der Waals surface area contributed by atoms with Crippen LogP contribution in [0.3, 0.4) is 0 Å². The van der Waals surface area contributed by atoms with Gasteiger partial charge in [-0.3, -0.25) is 4.79 Å². The summed E-state index contributed by atoms with van der Waals surface area (Å²) in [5.74, 6) is 0.0693. The molecule has 0 radical (unpaired) electrons. The molecule has 1 aromatic carbocycles. The number of hydrogen-bond donors (Lipinski definition) is 2. The maximum atomic E-state index is 11.7. The molecule has 0 aliphatic carbocycles. The van der Waals surface area contributed by atoms with Crippen molar-refractivity contribution in [2.24, 2.45) is 0 Å². The second kappa shape index (κ2) is 8.40. The highest BCUT2D eigenvalue weighted by Crippen LogP contribution is 2.25. The van der Waals surface area contributed by atoms with Gasteiger partial charge in [-0.05, 0) is 24.1 Å². The predicted molar refractivity (Wildman–Crippen MR) is 101 cm³/mol. The predicted octanol–water partition coefficient (Wildman–Crippen LogP) is 4.47. The van der Waals surface area contributed by atoms with E-state index in [1.54, 1.807) is 11.3 Å². The molecule has 4 nitrogen and oxygen atoms in total. The monoisotopic (exact) mass is 345 g/mol. The van der Waals surface area contributed by atoms with Crippen LogP contribution in [0.5, 0.6) is 0 Å². The highest BCUT2D eigenvalue weighted by atomic mass is 32.1. The number of anilines is 1. The number of carbonyl (C=O) groups excluding carboxylic acids is 1. The standard InChI is InChI=1S/C19H27N3OS/c1-5-7-17(23)21-15-9-6-8-14(10-15)11-20-12-16-13-24-18(22-16)19(2,3)4/h6,8-10,13,20H,5,7,11-12H2,1-4H3,(H,21,23). The number of benzene rings is 1. The minimum Gasteiger partial charge on any atom is -0.326 e. The number of hydrogen-bond acceptors (Lipinski definition) is 4. The lowest BCUT2D eigenvalue weighted by Gasteiger charge is -2.13. The van der Waals surface area contributed by atoms with Gasteiger partial charge in [-0.15, -0.1) is 11.3 Å². The minimum atomic E-state index is 0.0693. The third-order valence-corrected chi connectivity index (χ3v) is 4.83. The quantitative estimate of drug-likeness (QED) is 0.778. The first kappa shape index (κ1) is 18.6. The van der Waals surface area contributed by atoms with Crippen molar-refractivity contribution in [2.45, 2.75) is 59.0 Å². The van der Waals surface area contributed by atoms with Crippen molar-refractivity contribution in [1.82, 2.24) is 10.3 Å². The van der Waals surface area contributed by atoms with Gasteiger partial charge in [0.1, 0.15) is 0 Å². The van der Waals surface area contributed by atoms with Crippen LogP contribution in [0, 0.1) is 0 Å². The van der Waals surface area contributed by atoms with Crippen LogP contribution in [0.4, 0.5) is 5.69 Å². The third-order valence-electron chi connectivity index (χ3n) is 3.52. The number of carbonyl (C=O) groups is 1. The zero-order chi connectivity index (χ0) is 17.6. The van der Waals surface area contributed by atoms with Crippen molar-refractivity contribution < 1.29 is 4.79 Å². The topological polar surface area (TPSA) is 54.0 Å². The summed E-state index contributed by atoms with van der Waals surface area (Å²) in [4.78, 5) is 16.4. The second-order valence-corrected chi connectivity index (χ2v) is 7.85. The molecule has 2 aromatic rings. The molecular weight excluding hydrogens is 318 g/mol. The first-order valence-corrected chi connectivity index (χ1v) is 9.31. The summed E-state index contributed by atoms with van der Waals surface area (Å²) in [5, 5.41) is 9.64. The summed E-state index contributed by atoms with van der Waals surface area (Å²) < 4.78 is 0. The fourth-order valence-electron chi connectivity index (χ4n) is 2.28. The first-order valence-electron chi connectivity index (χ1n) is 8.43. The normalized spacial score (nSPS) is 11.5. The average molecular weight is 346 g/mol. The Morgan fingerprint density at radius 2 is 2.04 bits per heavy atom. The van der Waals surface area contributed by atoms with Crippen molar-refractivity contribution in [1.29, 1.82) is 0 Å². The van der Waals surface area contributed by atoms with Gasteiger partial charge in [0, 0.05) is 36.0 Å². The average Bonchev–Trinajstić information content (AvgIpc) is 2.97. The largest absolute Gasteiger partial charge is 0.326 e. The van der Waals surface area contributed by atoms with Crippen LogP contribution in [0.15, 0.2) is 29.6 Å². The molecule has 2 rings (SSSR count). The van der Waals surface area contributed by atoms with Crippen LogP contribution in [0.25, 0.3) is 0 Å². The Bertz CT molecular complexity index is 673. The lowest BCUT2D eigenvalue weighted by Crippen LogP contribution is -2.15. The van der Waals surface area contributed by atoms with E-state index in [1.807, 2.05) is 25.1 Å². The van der Waals surface area contributed by atoms with Gasteiger partial charge in [0.2, 0.25) is 5.91 Å². The highest BCUT2D eigenvalue weighted by molar-refractivity contribution is 7.09. The zero-order valence-electron chi connectivity index (χ0n) is 15.0. The van der Waals surface area contributed by atoms with E-state index >= 15 is 0 Å². The van der Waals surface area contributed by atoms with E-state index in [0.717, 1.165) is 36.5 Å². The summed E-state index contributed by atoms with van der Waals surface area (Å²) in [5.41, 5.74) is 3.19. The maximum absolute atomic E-state index is 11.7. The maximum Gasteiger partial charge on any atom is 0.224 e.